The molecule has 0 aliphatic carbocycles. The van der Waals surface area contributed by atoms with Gasteiger partial charge in [-0.05, 0) is 31.0 Å². The molecule has 1 aromatic carbocycles. The number of aliphatic hydroxyl groups is 1. The van der Waals surface area contributed by atoms with Crippen molar-refractivity contribution in [2.75, 3.05) is 11.4 Å². The monoisotopic (exact) mass is 283 g/mol. The normalized spacial score (nSPS) is 21.3. The fourth-order valence-corrected chi connectivity index (χ4v) is 2.21. The van der Waals surface area contributed by atoms with Crippen LogP contribution in [0.5, 0.6) is 0 Å². The molecule has 1 atom stereocenters. The minimum atomic E-state index is -0.474. The summed E-state index contributed by atoms with van der Waals surface area (Å²) in [5.41, 5.74) is 2.04. The number of benzene rings is 1. The summed E-state index contributed by atoms with van der Waals surface area (Å²) in [6.07, 6.45) is 0.403. The van der Waals surface area contributed by atoms with Crippen LogP contribution in [0.3, 0.4) is 0 Å². The lowest BCUT2D eigenvalue weighted by Crippen LogP contribution is -2.40. The molecule has 0 radical (unpaired) electrons. The minimum absolute atomic E-state index is 0.00509. The Kier molecular flexibility index (Phi) is 3.30. The second-order valence-electron chi connectivity index (χ2n) is 4.13. The molecule has 0 bridgehead atoms. The number of carbonyl (C=O) groups is 1. The summed E-state index contributed by atoms with van der Waals surface area (Å²) in [4.78, 5) is 13.5. The smallest absolute Gasteiger partial charge is 0.229 e. The van der Waals surface area contributed by atoms with E-state index < -0.39 is 6.10 Å². The summed E-state index contributed by atoms with van der Waals surface area (Å²) in [6, 6.07) is 5.87. The maximum absolute atomic E-state index is 11.8. The van der Waals surface area contributed by atoms with Gasteiger partial charge in [0.2, 0.25) is 5.91 Å². The molecule has 2 rings (SSSR count). The third-order valence-electron chi connectivity index (χ3n) is 2.86. The number of nitrogens with zero attached hydrogens (tertiary/aromatic N) is 1. The Balaban J connectivity index is 2.24. The number of hydrogen-bond acceptors (Lipinski definition) is 2. The molecular formula is C12H14BrNO2. The first-order valence-corrected chi connectivity index (χ1v) is 6.12. The van der Waals surface area contributed by atoms with Crippen LogP contribution in [0.25, 0.3) is 0 Å². The highest BCUT2D eigenvalue weighted by Crippen LogP contribution is 2.26. The lowest BCUT2D eigenvalue weighted by Gasteiger charge is -2.29. The van der Waals surface area contributed by atoms with Crippen LogP contribution in [0.2, 0.25) is 0 Å². The van der Waals surface area contributed by atoms with Crippen LogP contribution in [-0.4, -0.2) is 23.7 Å². The number of halogens is 1. The summed E-state index contributed by atoms with van der Waals surface area (Å²) in [5, 5.41) is 9.39. The fraction of sp³-hybridized carbons (Fsp3) is 0.417. The summed E-state index contributed by atoms with van der Waals surface area (Å²) >= 11 is 3.46. The van der Waals surface area contributed by atoms with Crippen molar-refractivity contribution in [1.29, 1.82) is 0 Å². The zero-order chi connectivity index (χ0) is 11.7. The topological polar surface area (TPSA) is 40.5 Å². The molecule has 1 amide bonds. The van der Waals surface area contributed by atoms with Gasteiger partial charge in [-0.2, -0.15) is 0 Å². The van der Waals surface area contributed by atoms with Crippen LogP contribution >= 0.6 is 15.9 Å². The third kappa shape index (κ3) is 2.28. The van der Waals surface area contributed by atoms with Crippen LogP contribution in [0.1, 0.15) is 18.4 Å². The predicted molar refractivity (Wildman–Crippen MR) is 66.5 cm³/mol. The largest absolute Gasteiger partial charge is 0.393 e. The van der Waals surface area contributed by atoms with E-state index in [1.807, 2.05) is 25.1 Å². The average molecular weight is 284 g/mol. The minimum Gasteiger partial charge on any atom is -0.393 e. The number of aryl methyl sites for hydroxylation is 1. The second kappa shape index (κ2) is 4.55. The van der Waals surface area contributed by atoms with Gasteiger partial charge in [0.1, 0.15) is 0 Å². The molecule has 3 nitrogen and oxygen atoms in total. The van der Waals surface area contributed by atoms with Crippen molar-refractivity contribution in [3.63, 3.8) is 0 Å². The molecule has 16 heavy (non-hydrogen) atoms. The molecule has 1 aromatic rings. The van der Waals surface area contributed by atoms with E-state index in [9.17, 15) is 9.90 Å². The van der Waals surface area contributed by atoms with Crippen molar-refractivity contribution in [2.45, 2.75) is 25.9 Å². The lowest BCUT2D eigenvalue weighted by atomic mass is 10.1. The fourth-order valence-electron chi connectivity index (χ4n) is 1.84. The van der Waals surface area contributed by atoms with Gasteiger partial charge < -0.3 is 10.0 Å². The molecule has 1 fully saturated rings. The molecule has 0 saturated carbocycles. The van der Waals surface area contributed by atoms with Gasteiger partial charge in [0, 0.05) is 16.7 Å². The third-order valence-corrected chi connectivity index (χ3v) is 3.72. The van der Waals surface area contributed by atoms with Crippen LogP contribution < -0.4 is 4.90 Å². The van der Waals surface area contributed by atoms with Gasteiger partial charge in [-0.1, -0.05) is 22.0 Å². The van der Waals surface area contributed by atoms with Gasteiger partial charge in [0.05, 0.1) is 12.5 Å². The number of anilines is 1. The summed E-state index contributed by atoms with van der Waals surface area (Å²) in [6.45, 7) is 2.60. The first-order chi connectivity index (χ1) is 7.58. The zero-order valence-electron chi connectivity index (χ0n) is 9.11. The molecule has 1 saturated heterocycles. The van der Waals surface area contributed by atoms with Crippen molar-refractivity contribution in [3.8, 4) is 0 Å². The number of piperidine rings is 1. The molecule has 0 aromatic heterocycles. The van der Waals surface area contributed by atoms with E-state index in [2.05, 4.69) is 15.9 Å². The number of aliphatic hydroxyl groups excluding tert-OH is 1. The first-order valence-electron chi connectivity index (χ1n) is 5.32. The molecule has 4 heteroatoms. The van der Waals surface area contributed by atoms with Crippen molar-refractivity contribution < 1.29 is 9.90 Å². The maximum atomic E-state index is 11.8. The Morgan fingerprint density at radius 1 is 1.50 bits per heavy atom. The highest BCUT2D eigenvalue weighted by molar-refractivity contribution is 9.10. The van der Waals surface area contributed by atoms with E-state index in [4.69, 9.17) is 0 Å². The molecule has 86 valence electrons. The van der Waals surface area contributed by atoms with E-state index >= 15 is 0 Å². The van der Waals surface area contributed by atoms with Gasteiger partial charge in [-0.15, -0.1) is 0 Å². The molecule has 1 aliphatic heterocycles. The van der Waals surface area contributed by atoms with E-state index in [0.29, 0.717) is 13.0 Å². The number of rotatable bonds is 1. The van der Waals surface area contributed by atoms with E-state index in [1.165, 1.54) is 0 Å². The summed E-state index contributed by atoms with van der Waals surface area (Å²) in [7, 11) is 0. The SMILES string of the molecule is Cc1ccc(N2CCC(O)CC2=O)cc1Br. The van der Waals surface area contributed by atoms with Gasteiger partial charge in [0.25, 0.3) is 0 Å². The second-order valence-corrected chi connectivity index (χ2v) is 4.98. The van der Waals surface area contributed by atoms with Gasteiger partial charge in [-0.3, -0.25) is 4.79 Å². The predicted octanol–water partition coefficient (Wildman–Crippen LogP) is 2.25. The van der Waals surface area contributed by atoms with Crippen LogP contribution in [-0.2, 0) is 4.79 Å². The summed E-state index contributed by atoms with van der Waals surface area (Å²) in [5.74, 6) is -0.00509. The van der Waals surface area contributed by atoms with Crippen molar-refractivity contribution in [1.82, 2.24) is 0 Å². The maximum Gasteiger partial charge on any atom is 0.229 e. The molecule has 1 aliphatic rings. The Morgan fingerprint density at radius 3 is 2.88 bits per heavy atom. The molecule has 1 N–H and O–H groups in total. The quantitative estimate of drug-likeness (QED) is 0.859. The van der Waals surface area contributed by atoms with Crippen molar-refractivity contribution in [2.24, 2.45) is 0 Å². The zero-order valence-corrected chi connectivity index (χ0v) is 10.7. The van der Waals surface area contributed by atoms with Crippen molar-refractivity contribution in [3.05, 3.63) is 28.2 Å². The molecular weight excluding hydrogens is 270 g/mol. The van der Waals surface area contributed by atoms with E-state index in [0.717, 1.165) is 15.7 Å². The highest BCUT2D eigenvalue weighted by Gasteiger charge is 2.25. The van der Waals surface area contributed by atoms with E-state index in [-0.39, 0.29) is 12.3 Å². The summed E-state index contributed by atoms with van der Waals surface area (Å²) < 4.78 is 1.00. The number of carbonyl (C=O) groups excluding carboxylic acids is 1. The Bertz CT molecular complexity index is 419. The van der Waals surface area contributed by atoms with Gasteiger partial charge in [0.15, 0.2) is 0 Å². The molecule has 1 heterocycles. The number of hydrogen-bond donors (Lipinski definition) is 1. The standard InChI is InChI=1S/C12H14BrNO2/c1-8-2-3-9(6-11(8)13)14-5-4-10(15)7-12(14)16/h2-3,6,10,15H,4-5,7H2,1H3. The molecule has 0 spiro atoms. The van der Waals surface area contributed by atoms with Crippen LogP contribution in [0, 0.1) is 6.92 Å². The highest BCUT2D eigenvalue weighted by atomic mass is 79.9. The Labute approximate surface area is 103 Å². The Morgan fingerprint density at radius 2 is 2.25 bits per heavy atom. The number of amides is 1. The van der Waals surface area contributed by atoms with Crippen molar-refractivity contribution >= 4 is 27.5 Å². The van der Waals surface area contributed by atoms with Gasteiger partial charge >= 0.3 is 0 Å². The Hall–Kier alpha value is -0.870. The average Bonchev–Trinajstić information content (AvgIpc) is 2.22. The molecule has 1 unspecified atom stereocenters. The van der Waals surface area contributed by atoms with Crippen LogP contribution in [0.15, 0.2) is 22.7 Å². The van der Waals surface area contributed by atoms with Gasteiger partial charge in [-0.25, -0.2) is 0 Å². The lowest BCUT2D eigenvalue weighted by molar-refractivity contribution is -0.122. The van der Waals surface area contributed by atoms with E-state index in [1.54, 1.807) is 4.90 Å². The first kappa shape index (κ1) is 11.6. The van der Waals surface area contributed by atoms with Crippen LogP contribution in [0.4, 0.5) is 5.69 Å².